The van der Waals surface area contributed by atoms with Crippen molar-refractivity contribution in [3.05, 3.63) is 28.7 Å². The number of nitrogens with zero attached hydrogens (tertiary/aromatic N) is 1. The third kappa shape index (κ3) is 3.73. The highest BCUT2D eigenvalue weighted by Gasteiger charge is 2.26. The molecule has 0 bridgehead atoms. The Morgan fingerprint density at radius 2 is 2.11 bits per heavy atom. The fraction of sp³-hybridized carbons (Fsp3) is 0.500. The lowest BCUT2D eigenvalue weighted by Gasteiger charge is -2.26. The van der Waals surface area contributed by atoms with Crippen LogP contribution in [0.25, 0.3) is 0 Å². The minimum atomic E-state index is -3.40. The molecule has 0 fully saturated rings. The maximum atomic E-state index is 12.5. The fourth-order valence-electron chi connectivity index (χ4n) is 1.66. The van der Waals surface area contributed by atoms with Gasteiger partial charge in [0.2, 0.25) is 10.0 Å². The molecule has 3 nitrogen and oxygen atoms in total. The van der Waals surface area contributed by atoms with Gasteiger partial charge in [-0.15, -0.1) is 0 Å². The summed E-state index contributed by atoms with van der Waals surface area (Å²) in [6.45, 7) is 2.01. The van der Waals surface area contributed by atoms with Crippen LogP contribution in [0.4, 0.5) is 0 Å². The Morgan fingerprint density at radius 1 is 1.44 bits per heavy atom. The molecule has 0 spiro atoms. The van der Waals surface area contributed by atoms with E-state index in [1.165, 1.54) is 4.31 Å². The zero-order valence-corrected chi connectivity index (χ0v) is 14.0. The standard InChI is InChI=1S/C12H18BrNO2S2/c1-4-11(9-17-3)14(2)18(15,16)12-7-5-6-10(13)8-12/h5-8,11H,4,9H2,1-3H3. The molecule has 6 heteroatoms. The first-order valence-corrected chi connectivity index (χ1v) is 9.28. The van der Waals surface area contributed by atoms with Crippen molar-refractivity contribution in [2.45, 2.75) is 24.3 Å². The van der Waals surface area contributed by atoms with Gasteiger partial charge in [-0.2, -0.15) is 16.1 Å². The Kier molecular flexibility index (Phi) is 6.17. The number of rotatable bonds is 6. The summed E-state index contributed by atoms with van der Waals surface area (Å²) in [5, 5.41) is 0. The Hall–Kier alpha value is -0.0400. The highest BCUT2D eigenvalue weighted by Crippen LogP contribution is 2.22. The van der Waals surface area contributed by atoms with Crippen molar-refractivity contribution in [2.75, 3.05) is 19.1 Å². The molecule has 1 atom stereocenters. The first-order valence-electron chi connectivity index (χ1n) is 5.66. The van der Waals surface area contributed by atoms with Crippen LogP contribution >= 0.6 is 27.7 Å². The van der Waals surface area contributed by atoms with Crippen molar-refractivity contribution in [3.8, 4) is 0 Å². The van der Waals surface area contributed by atoms with Crippen LogP contribution in [0.1, 0.15) is 13.3 Å². The molecule has 0 saturated heterocycles. The maximum Gasteiger partial charge on any atom is 0.243 e. The molecule has 0 saturated carbocycles. The van der Waals surface area contributed by atoms with Crippen LogP contribution in [0.5, 0.6) is 0 Å². The second-order valence-corrected chi connectivity index (χ2v) is 7.82. The summed E-state index contributed by atoms with van der Waals surface area (Å²) in [5.41, 5.74) is 0. The average molecular weight is 352 g/mol. The van der Waals surface area contributed by atoms with E-state index in [1.54, 1.807) is 37.0 Å². The third-order valence-corrected chi connectivity index (χ3v) is 5.94. The molecule has 0 aliphatic carbocycles. The number of halogens is 1. The normalized spacial score (nSPS) is 13.8. The van der Waals surface area contributed by atoms with Gasteiger partial charge in [-0.25, -0.2) is 8.42 Å². The molecule has 0 radical (unpaired) electrons. The van der Waals surface area contributed by atoms with Gasteiger partial charge < -0.3 is 0 Å². The zero-order valence-electron chi connectivity index (χ0n) is 10.8. The predicted octanol–water partition coefficient (Wildman–Crippen LogP) is 3.21. The van der Waals surface area contributed by atoms with Crippen LogP contribution in [0, 0.1) is 0 Å². The summed E-state index contributed by atoms with van der Waals surface area (Å²) in [7, 11) is -1.75. The molecule has 0 aliphatic heterocycles. The van der Waals surface area contributed by atoms with E-state index in [1.807, 2.05) is 19.2 Å². The van der Waals surface area contributed by atoms with Crippen molar-refractivity contribution >= 4 is 37.7 Å². The molecule has 1 aromatic carbocycles. The topological polar surface area (TPSA) is 37.4 Å². The largest absolute Gasteiger partial charge is 0.243 e. The van der Waals surface area contributed by atoms with Gasteiger partial charge >= 0.3 is 0 Å². The predicted molar refractivity (Wildman–Crippen MR) is 81.6 cm³/mol. The highest BCUT2D eigenvalue weighted by molar-refractivity contribution is 9.10. The first kappa shape index (κ1) is 16.0. The molecule has 1 rings (SSSR count). The van der Waals surface area contributed by atoms with Crippen LogP contribution in [0.15, 0.2) is 33.6 Å². The van der Waals surface area contributed by atoms with Gasteiger partial charge in [-0.1, -0.05) is 28.9 Å². The highest BCUT2D eigenvalue weighted by atomic mass is 79.9. The average Bonchev–Trinajstić information content (AvgIpc) is 2.35. The molecule has 0 heterocycles. The van der Waals surface area contributed by atoms with Crippen molar-refractivity contribution in [1.82, 2.24) is 4.31 Å². The SMILES string of the molecule is CCC(CSC)N(C)S(=O)(=O)c1cccc(Br)c1. The van der Waals surface area contributed by atoms with Gasteiger partial charge in [0.05, 0.1) is 4.90 Å². The number of sulfonamides is 1. The lowest BCUT2D eigenvalue weighted by atomic mass is 10.3. The van der Waals surface area contributed by atoms with E-state index in [-0.39, 0.29) is 6.04 Å². The quantitative estimate of drug-likeness (QED) is 0.789. The molecule has 1 unspecified atom stereocenters. The monoisotopic (exact) mass is 351 g/mol. The minimum absolute atomic E-state index is 0.0315. The molecular formula is C12H18BrNO2S2. The third-order valence-electron chi connectivity index (χ3n) is 2.82. The lowest BCUT2D eigenvalue weighted by Crippen LogP contribution is -2.38. The van der Waals surface area contributed by atoms with Gasteiger partial charge in [0.1, 0.15) is 0 Å². The molecular weight excluding hydrogens is 334 g/mol. The van der Waals surface area contributed by atoms with E-state index in [0.29, 0.717) is 4.90 Å². The lowest BCUT2D eigenvalue weighted by molar-refractivity contribution is 0.385. The summed E-state index contributed by atoms with van der Waals surface area (Å²) >= 11 is 4.96. The van der Waals surface area contributed by atoms with E-state index < -0.39 is 10.0 Å². The number of benzene rings is 1. The molecule has 0 N–H and O–H groups in total. The molecule has 0 amide bonds. The second-order valence-electron chi connectivity index (χ2n) is 4.00. The Labute approximate surface area is 122 Å². The molecule has 18 heavy (non-hydrogen) atoms. The summed E-state index contributed by atoms with van der Waals surface area (Å²) in [6, 6.07) is 6.85. The van der Waals surface area contributed by atoms with E-state index >= 15 is 0 Å². The Morgan fingerprint density at radius 3 is 2.61 bits per heavy atom. The van der Waals surface area contributed by atoms with Crippen molar-refractivity contribution in [3.63, 3.8) is 0 Å². The number of hydrogen-bond acceptors (Lipinski definition) is 3. The van der Waals surface area contributed by atoms with Crippen molar-refractivity contribution < 1.29 is 8.42 Å². The van der Waals surface area contributed by atoms with E-state index in [4.69, 9.17) is 0 Å². The van der Waals surface area contributed by atoms with Crippen molar-refractivity contribution in [1.29, 1.82) is 0 Å². The molecule has 0 aliphatic rings. The zero-order chi connectivity index (χ0) is 13.8. The molecule has 102 valence electrons. The Balaban J connectivity index is 3.06. The summed E-state index contributed by atoms with van der Waals surface area (Å²) in [4.78, 5) is 0.332. The van der Waals surface area contributed by atoms with Crippen LogP contribution in [-0.2, 0) is 10.0 Å². The van der Waals surface area contributed by atoms with Crippen LogP contribution in [0.2, 0.25) is 0 Å². The van der Waals surface area contributed by atoms with Gasteiger partial charge in [-0.3, -0.25) is 0 Å². The smallest absolute Gasteiger partial charge is 0.207 e. The summed E-state index contributed by atoms with van der Waals surface area (Å²) in [5.74, 6) is 0.806. The number of hydrogen-bond donors (Lipinski definition) is 0. The fourth-order valence-corrected chi connectivity index (χ4v) is 4.63. The maximum absolute atomic E-state index is 12.5. The van der Waals surface area contributed by atoms with E-state index in [9.17, 15) is 8.42 Å². The minimum Gasteiger partial charge on any atom is -0.207 e. The van der Waals surface area contributed by atoms with Gasteiger partial charge in [0.25, 0.3) is 0 Å². The molecule has 1 aromatic rings. The van der Waals surface area contributed by atoms with Crippen LogP contribution in [0.3, 0.4) is 0 Å². The Bertz CT molecular complexity index is 491. The number of thioether (sulfide) groups is 1. The van der Waals surface area contributed by atoms with Gasteiger partial charge in [-0.05, 0) is 30.9 Å². The summed E-state index contributed by atoms with van der Waals surface area (Å²) < 4.78 is 27.2. The van der Waals surface area contributed by atoms with Crippen LogP contribution < -0.4 is 0 Å². The first-order chi connectivity index (χ1) is 8.43. The molecule has 0 aromatic heterocycles. The van der Waals surface area contributed by atoms with Gasteiger partial charge in [0.15, 0.2) is 0 Å². The second kappa shape index (κ2) is 6.93. The van der Waals surface area contributed by atoms with Crippen molar-refractivity contribution in [2.24, 2.45) is 0 Å². The summed E-state index contributed by atoms with van der Waals surface area (Å²) in [6.07, 6.45) is 2.80. The van der Waals surface area contributed by atoms with Crippen LogP contribution in [-0.4, -0.2) is 37.8 Å². The van der Waals surface area contributed by atoms with Gasteiger partial charge in [0, 0.05) is 23.3 Å². The van der Waals surface area contributed by atoms with E-state index in [0.717, 1.165) is 16.6 Å². The van der Waals surface area contributed by atoms with E-state index in [2.05, 4.69) is 15.9 Å².